The largest absolute Gasteiger partial charge is 0.306 e. The van der Waals surface area contributed by atoms with Crippen molar-refractivity contribution in [2.75, 3.05) is 20.1 Å². The second-order valence-corrected chi connectivity index (χ2v) is 4.94. The van der Waals surface area contributed by atoms with Gasteiger partial charge in [0.1, 0.15) is 0 Å². The maximum absolute atomic E-state index is 10.9. The molecule has 1 aliphatic carbocycles. The van der Waals surface area contributed by atoms with Crippen molar-refractivity contribution in [2.45, 2.75) is 44.9 Å². The number of nitrogens with one attached hydrogen (secondary N) is 1. The molecule has 0 saturated heterocycles. The molecule has 0 aromatic heterocycles. The molecule has 0 spiro atoms. The van der Waals surface area contributed by atoms with Crippen molar-refractivity contribution in [3.8, 4) is 0 Å². The van der Waals surface area contributed by atoms with Crippen LogP contribution < -0.4 is 11.3 Å². The molecule has 0 bridgehead atoms. The number of rotatable bonds is 8. The van der Waals surface area contributed by atoms with Gasteiger partial charge in [-0.25, -0.2) is 5.84 Å². The van der Waals surface area contributed by atoms with Gasteiger partial charge in [-0.3, -0.25) is 10.2 Å². The van der Waals surface area contributed by atoms with E-state index in [1.807, 2.05) is 0 Å². The Labute approximate surface area is 98.5 Å². The van der Waals surface area contributed by atoms with Crippen molar-refractivity contribution in [3.63, 3.8) is 0 Å². The molecule has 4 heteroatoms. The van der Waals surface area contributed by atoms with Crippen LogP contribution in [-0.4, -0.2) is 30.9 Å². The molecule has 1 aliphatic rings. The van der Waals surface area contributed by atoms with Crippen LogP contribution in [0.3, 0.4) is 0 Å². The lowest BCUT2D eigenvalue weighted by molar-refractivity contribution is -0.121. The van der Waals surface area contributed by atoms with Gasteiger partial charge in [0.05, 0.1) is 0 Å². The van der Waals surface area contributed by atoms with E-state index in [1.165, 1.54) is 32.2 Å². The molecule has 0 unspecified atom stereocenters. The third-order valence-electron chi connectivity index (χ3n) is 3.40. The van der Waals surface area contributed by atoms with Crippen LogP contribution in [0.1, 0.15) is 44.9 Å². The first-order valence-corrected chi connectivity index (χ1v) is 6.40. The highest BCUT2D eigenvalue weighted by Crippen LogP contribution is 2.26. The maximum Gasteiger partial charge on any atom is 0.233 e. The summed E-state index contributed by atoms with van der Waals surface area (Å²) in [6.07, 6.45) is 8.06. The fourth-order valence-electron chi connectivity index (χ4n) is 2.12. The van der Waals surface area contributed by atoms with E-state index in [2.05, 4.69) is 17.4 Å². The number of carbonyl (C=O) groups excluding carboxylic acids is 1. The molecule has 4 nitrogen and oxygen atoms in total. The number of nitrogens with two attached hydrogens (primary N) is 1. The molecule has 0 aromatic rings. The Bertz CT molecular complexity index is 204. The van der Waals surface area contributed by atoms with Crippen molar-refractivity contribution in [3.05, 3.63) is 0 Å². The zero-order valence-electron chi connectivity index (χ0n) is 10.4. The van der Waals surface area contributed by atoms with Gasteiger partial charge in [-0.1, -0.05) is 12.8 Å². The first-order chi connectivity index (χ1) is 7.72. The van der Waals surface area contributed by atoms with E-state index in [-0.39, 0.29) is 5.91 Å². The average Bonchev–Trinajstić information content (AvgIpc) is 2.22. The third-order valence-corrected chi connectivity index (χ3v) is 3.40. The highest BCUT2D eigenvalue weighted by atomic mass is 16.2. The molecule has 94 valence electrons. The van der Waals surface area contributed by atoms with E-state index in [9.17, 15) is 4.79 Å². The number of amides is 1. The van der Waals surface area contributed by atoms with Gasteiger partial charge in [0.25, 0.3) is 0 Å². The van der Waals surface area contributed by atoms with Crippen LogP contribution in [0.4, 0.5) is 0 Å². The van der Waals surface area contributed by atoms with Gasteiger partial charge in [0.15, 0.2) is 0 Å². The van der Waals surface area contributed by atoms with Crippen LogP contribution in [0, 0.1) is 5.92 Å². The van der Waals surface area contributed by atoms with Gasteiger partial charge in [0, 0.05) is 13.0 Å². The summed E-state index contributed by atoms with van der Waals surface area (Å²) in [4.78, 5) is 13.3. The summed E-state index contributed by atoms with van der Waals surface area (Å²) < 4.78 is 0. The van der Waals surface area contributed by atoms with Crippen LogP contribution in [0.15, 0.2) is 0 Å². The number of nitrogens with zero attached hydrogens (tertiary/aromatic N) is 1. The van der Waals surface area contributed by atoms with Gasteiger partial charge in [0.2, 0.25) is 5.91 Å². The van der Waals surface area contributed by atoms with E-state index >= 15 is 0 Å². The average molecular weight is 227 g/mol. The molecule has 16 heavy (non-hydrogen) atoms. The number of hydrogen-bond acceptors (Lipinski definition) is 3. The molecule has 0 radical (unpaired) electrons. The summed E-state index contributed by atoms with van der Waals surface area (Å²) in [5.74, 6) is 5.90. The zero-order valence-corrected chi connectivity index (χ0v) is 10.4. The summed E-state index contributed by atoms with van der Waals surface area (Å²) in [7, 11) is 2.20. The van der Waals surface area contributed by atoms with E-state index in [0.717, 1.165) is 25.3 Å². The Morgan fingerprint density at radius 2 is 2.12 bits per heavy atom. The minimum atomic E-state index is -0.0529. The molecule has 0 aliphatic heterocycles. The predicted molar refractivity (Wildman–Crippen MR) is 65.6 cm³/mol. The van der Waals surface area contributed by atoms with Crippen molar-refractivity contribution >= 4 is 5.91 Å². The highest BCUT2D eigenvalue weighted by molar-refractivity contribution is 5.74. The molecule has 0 aromatic carbocycles. The maximum atomic E-state index is 10.9. The van der Waals surface area contributed by atoms with Gasteiger partial charge >= 0.3 is 0 Å². The Balaban J connectivity index is 1.87. The molecule has 3 N–H and O–H groups in total. The number of hydrazine groups is 1. The minimum Gasteiger partial charge on any atom is -0.306 e. The quantitative estimate of drug-likeness (QED) is 0.284. The molecule has 1 amide bonds. The lowest BCUT2D eigenvalue weighted by atomic mass is 9.85. The Morgan fingerprint density at radius 3 is 2.69 bits per heavy atom. The summed E-state index contributed by atoms with van der Waals surface area (Å²) in [5.41, 5.74) is 2.16. The van der Waals surface area contributed by atoms with Crippen molar-refractivity contribution in [1.82, 2.24) is 10.3 Å². The van der Waals surface area contributed by atoms with E-state index in [1.54, 1.807) is 0 Å². The summed E-state index contributed by atoms with van der Waals surface area (Å²) in [5, 5.41) is 0. The molecule has 1 rings (SSSR count). The zero-order chi connectivity index (χ0) is 11.8. The second-order valence-electron chi connectivity index (χ2n) is 4.94. The SMILES string of the molecule is CN(CCCCCC(=O)NN)CC1CCC1. The Morgan fingerprint density at radius 1 is 1.38 bits per heavy atom. The first kappa shape index (κ1) is 13.5. The summed E-state index contributed by atoms with van der Waals surface area (Å²) in [6.45, 7) is 2.41. The Hall–Kier alpha value is -0.610. The van der Waals surface area contributed by atoms with Crippen LogP contribution in [0.2, 0.25) is 0 Å². The molecule has 1 fully saturated rings. The smallest absolute Gasteiger partial charge is 0.233 e. The van der Waals surface area contributed by atoms with E-state index in [0.29, 0.717) is 6.42 Å². The predicted octanol–water partition coefficient (Wildman–Crippen LogP) is 1.27. The monoisotopic (exact) mass is 227 g/mol. The molecule has 0 atom stereocenters. The first-order valence-electron chi connectivity index (χ1n) is 6.40. The van der Waals surface area contributed by atoms with E-state index in [4.69, 9.17) is 5.84 Å². The van der Waals surface area contributed by atoms with E-state index < -0.39 is 0 Å². The molecular formula is C12H25N3O. The highest BCUT2D eigenvalue weighted by Gasteiger charge is 2.18. The van der Waals surface area contributed by atoms with Crippen LogP contribution >= 0.6 is 0 Å². The van der Waals surface area contributed by atoms with Gasteiger partial charge in [-0.05, 0) is 45.2 Å². The fourth-order valence-corrected chi connectivity index (χ4v) is 2.12. The van der Waals surface area contributed by atoms with Crippen LogP contribution in [-0.2, 0) is 4.79 Å². The number of carbonyl (C=O) groups is 1. The van der Waals surface area contributed by atoms with Gasteiger partial charge < -0.3 is 4.90 Å². The Kier molecular flexibility index (Phi) is 6.42. The normalized spacial score (nSPS) is 16.2. The van der Waals surface area contributed by atoms with Crippen LogP contribution in [0.25, 0.3) is 0 Å². The van der Waals surface area contributed by atoms with Gasteiger partial charge in [-0.2, -0.15) is 0 Å². The molecular weight excluding hydrogens is 202 g/mol. The minimum absolute atomic E-state index is 0.0529. The molecule has 0 heterocycles. The standard InChI is InChI=1S/C12H25N3O/c1-15(10-11-6-5-7-11)9-4-2-3-8-12(16)14-13/h11H,2-10,13H2,1H3,(H,14,16). The number of hydrogen-bond donors (Lipinski definition) is 2. The van der Waals surface area contributed by atoms with Crippen molar-refractivity contribution in [2.24, 2.45) is 11.8 Å². The lowest BCUT2D eigenvalue weighted by Crippen LogP contribution is -2.30. The van der Waals surface area contributed by atoms with Crippen molar-refractivity contribution < 1.29 is 4.79 Å². The lowest BCUT2D eigenvalue weighted by Gasteiger charge is -2.30. The van der Waals surface area contributed by atoms with Crippen LogP contribution in [0.5, 0.6) is 0 Å². The summed E-state index contributed by atoms with van der Waals surface area (Å²) >= 11 is 0. The topological polar surface area (TPSA) is 58.4 Å². The fraction of sp³-hybridized carbons (Fsp3) is 0.917. The third kappa shape index (κ3) is 5.47. The number of unbranched alkanes of at least 4 members (excludes halogenated alkanes) is 2. The van der Waals surface area contributed by atoms with Gasteiger partial charge in [-0.15, -0.1) is 0 Å². The summed E-state index contributed by atoms with van der Waals surface area (Å²) in [6, 6.07) is 0. The molecule has 1 saturated carbocycles. The van der Waals surface area contributed by atoms with Crippen molar-refractivity contribution in [1.29, 1.82) is 0 Å². The second kappa shape index (κ2) is 7.63.